The molecule has 0 saturated heterocycles. The molecule has 1 heterocycles. The van der Waals surface area contributed by atoms with Gasteiger partial charge in [-0.2, -0.15) is 26.3 Å². The molecule has 160 valence electrons. The zero-order chi connectivity index (χ0) is 21.7. The van der Waals surface area contributed by atoms with Crippen LogP contribution in [0.25, 0.3) is 11.0 Å². The maximum Gasteiger partial charge on any atom is 0.416 e. The van der Waals surface area contributed by atoms with Crippen molar-refractivity contribution in [2.45, 2.75) is 38.3 Å². The van der Waals surface area contributed by atoms with Gasteiger partial charge in [-0.3, -0.25) is 0 Å². The summed E-state index contributed by atoms with van der Waals surface area (Å²) in [7, 11) is 0. The number of aromatic nitrogens is 3. The molecule has 1 aromatic heterocycles. The van der Waals surface area contributed by atoms with Gasteiger partial charge in [0, 0.05) is 13.1 Å². The zero-order valence-electron chi connectivity index (χ0n) is 15.3. The van der Waals surface area contributed by atoms with Crippen molar-refractivity contribution in [3.63, 3.8) is 0 Å². The molecule has 0 aliphatic heterocycles. The van der Waals surface area contributed by atoms with Crippen LogP contribution in [0.2, 0.25) is 0 Å². The number of hydrogen-bond donors (Lipinski definition) is 1. The molecule has 30 heavy (non-hydrogen) atoms. The average Bonchev–Trinajstić information content (AvgIpc) is 3.38. The van der Waals surface area contributed by atoms with Gasteiger partial charge in [-0.05, 0) is 70.6 Å². The minimum atomic E-state index is -4.88. The minimum absolute atomic E-state index is 0.115. The van der Waals surface area contributed by atoms with Gasteiger partial charge in [0.1, 0.15) is 5.52 Å². The Bertz CT molecular complexity index is 1050. The smallest absolute Gasteiger partial charge is 0.380 e. The number of fused-ring (bicyclic) bond motifs is 1. The van der Waals surface area contributed by atoms with Crippen LogP contribution >= 0.6 is 15.9 Å². The van der Waals surface area contributed by atoms with Gasteiger partial charge in [0.25, 0.3) is 0 Å². The Balaban J connectivity index is 1.59. The van der Waals surface area contributed by atoms with Crippen molar-refractivity contribution in [2.24, 2.45) is 5.92 Å². The second-order valence-electron chi connectivity index (χ2n) is 7.28. The maximum atomic E-state index is 13.0. The van der Waals surface area contributed by atoms with Gasteiger partial charge in [-0.15, -0.1) is 5.10 Å². The molecule has 0 atom stereocenters. The third-order valence-electron chi connectivity index (χ3n) is 4.88. The molecule has 1 aliphatic rings. The Morgan fingerprint density at radius 3 is 2.20 bits per heavy atom. The normalized spacial score (nSPS) is 15.0. The zero-order valence-corrected chi connectivity index (χ0v) is 16.9. The first-order valence-electron chi connectivity index (χ1n) is 9.06. The number of hydrogen-bond acceptors (Lipinski definition) is 3. The van der Waals surface area contributed by atoms with Crippen LogP contribution in [-0.4, -0.2) is 15.0 Å². The van der Waals surface area contributed by atoms with E-state index in [0.717, 1.165) is 24.9 Å². The second kappa shape index (κ2) is 7.44. The van der Waals surface area contributed by atoms with Crippen LogP contribution in [0.4, 0.5) is 32.0 Å². The molecular formula is C19H15BrF6N4. The lowest BCUT2D eigenvalue weighted by molar-refractivity contribution is -0.143. The van der Waals surface area contributed by atoms with E-state index in [9.17, 15) is 26.3 Å². The number of nitrogens with zero attached hydrogens (tertiary/aromatic N) is 3. The van der Waals surface area contributed by atoms with Gasteiger partial charge >= 0.3 is 12.4 Å². The Labute approximate surface area is 175 Å². The van der Waals surface area contributed by atoms with E-state index in [0.29, 0.717) is 33.7 Å². The summed E-state index contributed by atoms with van der Waals surface area (Å²) in [6, 6.07) is 5.00. The lowest BCUT2D eigenvalue weighted by Crippen LogP contribution is -2.13. The fourth-order valence-corrected chi connectivity index (χ4v) is 3.69. The number of nitrogens with one attached hydrogen (secondary N) is 1. The van der Waals surface area contributed by atoms with Crippen molar-refractivity contribution in [1.29, 1.82) is 0 Å². The average molecular weight is 493 g/mol. The highest BCUT2D eigenvalue weighted by atomic mass is 79.9. The predicted octanol–water partition coefficient (Wildman–Crippen LogP) is 6.25. The van der Waals surface area contributed by atoms with Crippen LogP contribution in [0, 0.1) is 5.92 Å². The predicted molar refractivity (Wildman–Crippen MR) is 102 cm³/mol. The first-order valence-corrected chi connectivity index (χ1v) is 9.85. The fraction of sp³-hybridized carbons (Fsp3) is 0.368. The summed E-state index contributed by atoms with van der Waals surface area (Å²) in [6.07, 6.45) is -7.46. The van der Waals surface area contributed by atoms with Crippen molar-refractivity contribution in [1.82, 2.24) is 15.0 Å². The van der Waals surface area contributed by atoms with E-state index < -0.39 is 23.5 Å². The van der Waals surface area contributed by atoms with Gasteiger partial charge in [0.05, 0.1) is 26.8 Å². The summed E-state index contributed by atoms with van der Waals surface area (Å²) < 4.78 is 80.5. The number of halogens is 7. The molecule has 2 aromatic carbocycles. The third-order valence-corrected chi connectivity index (χ3v) is 5.69. The molecule has 0 amide bonds. The van der Waals surface area contributed by atoms with Gasteiger partial charge in [-0.25, -0.2) is 4.68 Å². The van der Waals surface area contributed by atoms with Crippen LogP contribution in [0.1, 0.15) is 29.5 Å². The van der Waals surface area contributed by atoms with Crippen LogP contribution in [-0.2, 0) is 25.4 Å². The fourth-order valence-electron chi connectivity index (χ4n) is 3.14. The highest BCUT2D eigenvalue weighted by Crippen LogP contribution is 2.37. The summed E-state index contributed by atoms with van der Waals surface area (Å²) in [4.78, 5) is 0. The lowest BCUT2D eigenvalue weighted by atomic mass is 10.0. The van der Waals surface area contributed by atoms with Crippen molar-refractivity contribution >= 4 is 32.7 Å². The highest BCUT2D eigenvalue weighted by molar-refractivity contribution is 9.10. The molecule has 3 aromatic rings. The van der Waals surface area contributed by atoms with E-state index in [-0.39, 0.29) is 18.2 Å². The number of alkyl halides is 6. The first kappa shape index (κ1) is 21.0. The highest BCUT2D eigenvalue weighted by Gasteiger charge is 2.36. The molecule has 0 unspecified atom stereocenters. The molecule has 1 saturated carbocycles. The lowest BCUT2D eigenvalue weighted by Gasteiger charge is -2.15. The van der Waals surface area contributed by atoms with Crippen molar-refractivity contribution < 1.29 is 26.3 Å². The van der Waals surface area contributed by atoms with Gasteiger partial charge in [0.2, 0.25) is 0 Å². The molecule has 1 N–H and O–H groups in total. The Morgan fingerprint density at radius 1 is 1.00 bits per heavy atom. The summed E-state index contributed by atoms with van der Waals surface area (Å²) in [5.41, 5.74) is -0.953. The molecule has 4 rings (SSSR count). The molecule has 11 heteroatoms. The van der Waals surface area contributed by atoms with Gasteiger partial charge in [-0.1, -0.05) is 5.21 Å². The molecule has 1 aliphatic carbocycles. The summed E-state index contributed by atoms with van der Waals surface area (Å²) in [5, 5.41) is 11.2. The van der Waals surface area contributed by atoms with Crippen LogP contribution in [0.5, 0.6) is 0 Å². The van der Waals surface area contributed by atoms with E-state index >= 15 is 0 Å². The van der Waals surface area contributed by atoms with E-state index in [2.05, 4.69) is 31.6 Å². The van der Waals surface area contributed by atoms with Crippen molar-refractivity contribution in [3.05, 3.63) is 51.5 Å². The van der Waals surface area contributed by atoms with Crippen molar-refractivity contribution in [3.8, 4) is 0 Å². The van der Waals surface area contributed by atoms with E-state index in [4.69, 9.17) is 0 Å². The Kier molecular flexibility index (Phi) is 5.19. The summed E-state index contributed by atoms with van der Waals surface area (Å²) >= 11 is 3.40. The quantitative estimate of drug-likeness (QED) is 0.428. The van der Waals surface area contributed by atoms with Crippen LogP contribution < -0.4 is 5.32 Å². The van der Waals surface area contributed by atoms with E-state index in [1.807, 2.05) is 0 Å². The molecule has 0 radical (unpaired) electrons. The molecule has 0 bridgehead atoms. The van der Waals surface area contributed by atoms with Gasteiger partial charge in [0.15, 0.2) is 0 Å². The van der Waals surface area contributed by atoms with E-state index in [1.165, 1.54) is 0 Å². The number of benzene rings is 2. The summed E-state index contributed by atoms with van der Waals surface area (Å²) in [5.74, 6) is 0.593. The molecule has 4 nitrogen and oxygen atoms in total. The van der Waals surface area contributed by atoms with Gasteiger partial charge < -0.3 is 5.32 Å². The van der Waals surface area contributed by atoms with Crippen LogP contribution in [0.3, 0.4) is 0 Å². The SMILES string of the molecule is FC(F)(F)c1cc(CNc2ccc3c(nnn3CC3CC3)c2Br)cc(C(F)(F)F)c1. The third kappa shape index (κ3) is 4.40. The minimum Gasteiger partial charge on any atom is -0.380 e. The largest absolute Gasteiger partial charge is 0.416 e. The first-order chi connectivity index (χ1) is 14.0. The second-order valence-corrected chi connectivity index (χ2v) is 8.07. The molecule has 1 fully saturated rings. The van der Waals surface area contributed by atoms with E-state index in [1.54, 1.807) is 16.8 Å². The Hall–Kier alpha value is -2.30. The monoisotopic (exact) mass is 492 g/mol. The Morgan fingerprint density at radius 2 is 1.63 bits per heavy atom. The molecule has 0 spiro atoms. The van der Waals surface area contributed by atoms with Crippen molar-refractivity contribution in [2.75, 3.05) is 5.32 Å². The number of anilines is 1. The summed E-state index contributed by atoms with van der Waals surface area (Å²) in [6.45, 7) is 0.535. The maximum absolute atomic E-state index is 13.0. The number of rotatable bonds is 5. The standard InChI is InChI=1S/C19H15BrF6N4/c20-16-14(3-4-15-17(16)28-29-30(15)9-10-1-2-10)27-8-11-5-12(18(21,22)23)7-13(6-11)19(24,25)26/h3-7,10,27H,1-2,8-9H2. The topological polar surface area (TPSA) is 42.7 Å². The molecular weight excluding hydrogens is 478 g/mol. The van der Waals surface area contributed by atoms with Crippen LogP contribution in [0.15, 0.2) is 34.8 Å².